The minimum atomic E-state index is 0.677. The van der Waals surface area contributed by atoms with E-state index in [4.69, 9.17) is 0 Å². The molecule has 0 spiro atoms. The van der Waals surface area contributed by atoms with Gasteiger partial charge in [-0.05, 0) is 6.42 Å². The van der Waals surface area contributed by atoms with Gasteiger partial charge in [-0.1, -0.05) is 70.6 Å². The van der Waals surface area contributed by atoms with Crippen LogP contribution in [0.4, 0.5) is 0 Å². The molecule has 0 fully saturated rings. The van der Waals surface area contributed by atoms with Crippen LogP contribution in [0.2, 0.25) is 0 Å². The lowest BCUT2D eigenvalue weighted by Gasteiger charge is -2.05. The first-order valence-electron chi connectivity index (χ1n) is 7.28. The molecule has 0 radical (unpaired) electrons. The standard InChI is InChI=1S/C14H28N2S/c1-3-4-5-6-7-8-9-10-11-15-14-16-12-13(2)17-14/h13H,3-12H2,1-2H3,(H,15,16). The van der Waals surface area contributed by atoms with Crippen LogP contribution in [0.25, 0.3) is 0 Å². The van der Waals surface area contributed by atoms with E-state index in [9.17, 15) is 0 Å². The number of unbranched alkanes of at least 4 members (excludes halogenated alkanes) is 7. The Morgan fingerprint density at radius 1 is 1.12 bits per heavy atom. The van der Waals surface area contributed by atoms with Gasteiger partial charge in [0.05, 0.1) is 6.54 Å². The van der Waals surface area contributed by atoms with Gasteiger partial charge in [0.1, 0.15) is 0 Å². The first kappa shape index (κ1) is 14.9. The summed E-state index contributed by atoms with van der Waals surface area (Å²) in [7, 11) is 0. The molecular formula is C14H28N2S. The maximum atomic E-state index is 4.45. The second-order valence-corrected chi connectivity index (χ2v) is 6.40. The van der Waals surface area contributed by atoms with Gasteiger partial charge in [-0.3, -0.25) is 4.99 Å². The highest BCUT2D eigenvalue weighted by molar-refractivity contribution is 8.14. The van der Waals surface area contributed by atoms with Crippen LogP contribution in [-0.2, 0) is 0 Å². The number of hydrogen-bond donors (Lipinski definition) is 1. The van der Waals surface area contributed by atoms with Gasteiger partial charge in [-0.25, -0.2) is 0 Å². The van der Waals surface area contributed by atoms with Gasteiger partial charge >= 0.3 is 0 Å². The number of nitrogens with zero attached hydrogens (tertiary/aromatic N) is 1. The fourth-order valence-electron chi connectivity index (χ4n) is 2.03. The molecule has 0 aliphatic carbocycles. The van der Waals surface area contributed by atoms with Crippen molar-refractivity contribution in [3.63, 3.8) is 0 Å². The molecule has 100 valence electrons. The highest BCUT2D eigenvalue weighted by atomic mass is 32.2. The molecule has 2 nitrogen and oxygen atoms in total. The Morgan fingerprint density at radius 2 is 1.76 bits per heavy atom. The molecular weight excluding hydrogens is 228 g/mol. The number of thioether (sulfide) groups is 1. The zero-order chi connectivity index (χ0) is 12.3. The molecule has 0 bridgehead atoms. The highest BCUT2D eigenvalue weighted by Gasteiger charge is 2.13. The summed E-state index contributed by atoms with van der Waals surface area (Å²) in [5, 5.41) is 5.28. The molecule has 17 heavy (non-hydrogen) atoms. The van der Waals surface area contributed by atoms with E-state index >= 15 is 0 Å². The molecule has 0 aromatic rings. The minimum absolute atomic E-state index is 0.677. The third kappa shape index (κ3) is 7.69. The van der Waals surface area contributed by atoms with E-state index in [2.05, 4.69) is 24.2 Å². The Hall–Kier alpha value is -0.180. The van der Waals surface area contributed by atoms with Gasteiger partial charge < -0.3 is 5.32 Å². The molecule has 0 saturated heterocycles. The second kappa shape index (κ2) is 9.81. The van der Waals surface area contributed by atoms with Gasteiger partial charge in [0.15, 0.2) is 5.17 Å². The summed E-state index contributed by atoms with van der Waals surface area (Å²) >= 11 is 1.88. The molecule has 0 aromatic heterocycles. The molecule has 0 aromatic carbocycles. The monoisotopic (exact) mass is 256 g/mol. The summed E-state index contributed by atoms with van der Waals surface area (Å²) in [5.41, 5.74) is 0. The number of amidine groups is 1. The van der Waals surface area contributed by atoms with E-state index in [-0.39, 0.29) is 0 Å². The average Bonchev–Trinajstić information content (AvgIpc) is 2.73. The predicted molar refractivity (Wildman–Crippen MR) is 80.0 cm³/mol. The Bertz CT molecular complexity index is 216. The molecule has 3 heteroatoms. The largest absolute Gasteiger partial charge is 0.365 e. The van der Waals surface area contributed by atoms with E-state index in [1.165, 1.54) is 56.5 Å². The fraction of sp³-hybridized carbons (Fsp3) is 0.929. The molecule has 0 saturated carbocycles. The maximum Gasteiger partial charge on any atom is 0.156 e. The molecule has 1 heterocycles. The van der Waals surface area contributed by atoms with Crippen molar-refractivity contribution in [1.29, 1.82) is 0 Å². The number of nitrogens with one attached hydrogen (secondary N) is 1. The Kier molecular flexibility index (Phi) is 8.59. The first-order valence-corrected chi connectivity index (χ1v) is 8.16. The van der Waals surface area contributed by atoms with Gasteiger partial charge in [0.25, 0.3) is 0 Å². The zero-order valence-electron chi connectivity index (χ0n) is 11.5. The van der Waals surface area contributed by atoms with Gasteiger partial charge in [-0.2, -0.15) is 0 Å². The third-order valence-electron chi connectivity index (χ3n) is 3.11. The van der Waals surface area contributed by atoms with Crippen molar-refractivity contribution in [3.05, 3.63) is 0 Å². The van der Waals surface area contributed by atoms with E-state index in [1.807, 2.05) is 11.8 Å². The first-order chi connectivity index (χ1) is 8.33. The summed E-state index contributed by atoms with van der Waals surface area (Å²) in [5.74, 6) is 0. The average molecular weight is 256 g/mol. The lowest BCUT2D eigenvalue weighted by molar-refractivity contribution is 0.573. The third-order valence-corrected chi connectivity index (χ3v) is 4.16. The van der Waals surface area contributed by atoms with Gasteiger partial charge in [0.2, 0.25) is 0 Å². The fourth-order valence-corrected chi connectivity index (χ4v) is 2.89. The maximum absolute atomic E-state index is 4.45. The van der Waals surface area contributed by atoms with Gasteiger partial charge in [-0.15, -0.1) is 0 Å². The van der Waals surface area contributed by atoms with Crippen LogP contribution in [0.1, 0.15) is 65.2 Å². The van der Waals surface area contributed by atoms with Crippen molar-refractivity contribution in [3.8, 4) is 0 Å². The summed E-state index contributed by atoms with van der Waals surface area (Å²) in [6, 6.07) is 0. The van der Waals surface area contributed by atoms with Crippen LogP contribution < -0.4 is 5.32 Å². The molecule has 1 atom stereocenters. The van der Waals surface area contributed by atoms with Crippen LogP contribution in [0.3, 0.4) is 0 Å². The SMILES string of the molecule is CCCCCCCCCCNC1=NCC(C)S1. The van der Waals surface area contributed by atoms with Crippen LogP contribution >= 0.6 is 11.8 Å². The lowest BCUT2D eigenvalue weighted by atomic mass is 10.1. The number of aliphatic imine (C=N–C) groups is 1. The van der Waals surface area contributed by atoms with Crippen molar-refractivity contribution >= 4 is 16.9 Å². The quantitative estimate of drug-likeness (QED) is 0.625. The van der Waals surface area contributed by atoms with Crippen LogP contribution in [0, 0.1) is 0 Å². The van der Waals surface area contributed by atoms with Crippen LogP contribution in [-0.4, -0.2) is 23.5 Å². The summed E-state index contributed by atoms with van der Waals surface area (Å²) in [4.78, 5) is 4.45. The van der Waals surface area contributed by atoms with Crippen molar-refractivity contribution in [2.24, 2.45) is 4.99 Å². The molecule has 1 N–H and O–H groups in total. The molecule has 1 aliphatic rings. The molecule has 1 rings (SSSR count). The van der Waals surface area contributed by atoms with Crippen LogP contribution in [0.5, 0.6) is 0 Å². The van der Waals surface area contributed by atoms with Crippen molar-refractivity contribution in [2.75, 3.05) is 13.1 Å². The van der Waals surface area contributed by atoms with Crippen molar-refractivity contribution < 1.29 is 0 Å². The summed E-state index contributed by atoms with van der Waals surface area (Å²) < 4.78 is 0. The van der Waals surface area contributed by atoms with Crippen LogP contribution in [0.15, 0.2) is 4.99 Å². The molecule has 1 unspecified atom stereocenters. The topological polar surface area (TPSA) is 24.4 Å². The number of rotatable bonds is 9. The second-order valence-electron chi connectivity index (χ2n) is 4.98. The Labute approximate surface area is 111 Å². The highest BCUT2D eigenvalue weighted by Crippen LogP contribution is 2.18. The molecule has 1 aliphatic heterocycles. The normalized spacial score (nSPS) is 19.4. The van der Waals surface area contributed by atoms with Gasteiger partial charge in [0, 0.05) is 11.8 Å². The molecule has 0 amide bonds. The summed E-state index contributed by atoms with van der Waals surface area (Å²) in [6.07, 6.45) is 11.1. The minimum Gasteiger partial charge on any atom is -0.365 e. The van der Waals surface area contributed by atoms with E-state index < -0.39 is 0 Å². The number of hydrogen-bond acceptors (Lipinski definition) is 3. The van der Waals surface area contributed by atoms with Crippen molar-refractivity contribution in [1.82, 2.24) is 5.32 Å². The van der Waals surface area contributed by atoms with Crippen molar-refractivity contribution in [2.45, 2.75) is 70.5 Å². The Balaban J connectivity index is 1.79. The Morgan fingerprint density at radius 3 is 2.35 bits per heavy atom. The zero-order valence-corrected chi connectivity index (χ0v) is 12.3. The lowest BCUT2D eigenvalue weighted by Crippen LogP contribution is -2.20. The van der Waals surface area contributed by atoms with E-state index in [1.54, 1.807) is 0 Å². The smallest absolute Gasteiger partial charge is 0.156 e. The van der Waals surface area contributed by atoms with E-state index in [0.29, 0.717) is 5.25 Å². The van der Waals surface area contributed by atoms with E-state index in [0.717, 1.165) is 13.1 Å². The predicted octanol–water partition coefficient (Wildman–Crippen LogP) is 4.21. The summed E-state index contributed by atoms with van der Waals surface area (Å²) in [6.45, 7) is 6.60.